The number of anilines is 1. The molecule has 0 unspecified atom stereocenters. The molecule has 2 rings (SSSR count). The molecule has 0 spiro atoms. The van der Waals surface area contributed by atoms with E-state index in [0.717, 1.165) is 0 Å². The minimum absolute atomic E-state index is 0.168. The highest BCUT2D eigenvalue weighted by Crippen LogP contribution is 2.23. The molecular formula is C11H12ClN5. The highest BCUT2D eigenvalue weighted by molar-refractivity contribution is 6.32. The van der Waals surface area contributed by atoms with Crippen molar-refractivity contribution in [2.45, 2.75) is 19.8 Å². The molecule has 2 heterocycles. The summed E-state index contributed by atoms with van der Waals surface area (Å²) in [4.78, 5) is 16.6. The van der Waals surface area contributed by atoms with E-state index in [1.54, 1.807) is 18.3 Å². The first-order valence-corrected chi connectivity index (χ1v) is 5.58. The largest absolute Gasteiger partial charge is 0.368 e. The van der Waals surface area contributed by atoms with E-state index in [1.807, 2.05) is 13.8 Å². The highest BCUT2D eigenvalue weighted by Gasteiger charge is 2.12. The third kappa shape index (κ3) is 2.50. The Hall–Kier alpha value is -1.75. The monoisotopic (exact) mass is 249 g/mol. The molecule has 0 saturated heterocycles. The van der Waals surface area contributed by atoms with Crippen molar-refractivity contribution in [1.82, 2.24) is 19.9 Å². The summed E-state index contributed by atoms with van der Waals surface area (Å²) < 4.78 is 0. The van der Waals surface area contributed by atoms with E-state index in [9.17, 15) is 0 Å². The van der Waals surface area contributed by atoms with Gasteiger partial charge in [0, 0.05) is 12.1 Å². The smallest absolute Gasteiger partial charge is 0.223 e. The Morgan fingerprint density at radius 2 is 2.00 bits per heavy atom. The lowest BCUT2D eigenvalue weighted by atomic mass is 10.2. The first kappa shape index (κ1) is 11.7. The molecule has 2 N–H and O–H groups in total. The van der Waals surface area contributed by atoms with Crippen LogP contribution in [0.15, 0.2) is 18.3 Å². The van der Waals surface area contributed by atoms with E-state index < -0.39 is 0 Å². The molecule has 0 radical (unpaired) electrons. The molecule has 2 aromatic rings. The van der Waals surface area contributed by atoms with Crippen LogP contribution in [-0.4, -0.2) is 19.9 Å². The number of rotatable bonds is 2. The number of nitrogen functional groups attached to an aromatic ring is 1. The molecule has 0 aliphatic heterocycles. The maximum absolute atomic E-state index is 6.04. The fraction of sp³-hybridized carbons (Fsp3) is 0.273. The van der Waals surface area contributed by atoms with Crippen molar-refractivity contribution in [3.63, 3.8) is 0 Å². The SMILES string of the molecule is CC(C)c1nc(N)nc(-c2ncccc2Cl)n1. The van der Waals surface area contributed by atoms with Gasteiger partial charge >= 0.3 is 0 Å². The number of pyridine rings is 1. The number of hydrogen-bond donors (Lipinski definition) is 1. The van der Waals surface area contributed by atoms with Crippen LogP contribution in [0.2, 0.25) is 5.02 Å². The van der Waals surface area contributed by atoms with Gasteiger partial charge in [0.15, 0.2) is 5.82 Å². The Balaban J connectivity index is 2.56. The maximum atomic E-state index is 6.04. The summed E-state index contributed by atoms with van der Waals surface area (Å²) in [6.45, 7) is 3.97. The number of nitrogens with zero attached hydrogens (tertiary/aromatic N) is 4. The molecule has 0 bridgehead atoms. The minimum atomic E-state index is 0.168. The average Bonchev–Trinajstić information content (AvgIpc) is 2.28. The van der Waals surface area contributed by atoms with Gasteiger partial charge in [-0.05, 0) is 12.1 Å². The molecule has 0 aliphatic carbocycles. The zero-order valence-corrected chi connectivity index (χ0v) is 10.3. The molecule has 0 saturated carbocycles. The molecule has 5 nitrogen and oxygen atoms in total. The van der Waals surface area contributed by atoms with Crippen molar-refractivity contribution < 1.29 is 0 Å². The fourth-order valence-corrected chi connectivity index (χ4v) is 1.53. The van der Waals surface area contributed by atoms with Crippen LogP contribution in [0.3, 0.4) is 0 Å². The minimum Gasteiger partial charge on any atom is -0.368 e. The second-order valence-electron chi connectivity index (χ2n) is 3.86. The van der Waals surface area contributed by atoms with Crippen LogP contribution < -0.4 is 5.73 Å². The van der Waals surface area contributed by atoms with Crippen LogP contribution in [0.5, 0.6) is 0 Å². The number of hydrogen-bond acceptors (Lipinski definition) is 5. The molecule has 17 heavy (non-hydrogen) atoms. The summed E-state index contributed by atoms with van der Waals surface area (Å²) in [6.07, 6.45) is 1.64. The van der Waals surface area contributed by atoms with Crippen LogP contribution in [0.25, 0.3) is 11.5 Å². The van der Waals surface area contributed by atoms with Gasteiger partial charge in [0.05, 0.1) is 5.02 Å². The molecule has 0 fully saturated rings. The molecule has 2 aromatic heterocycles. The zero-order valence-electron chi connectivity index (χ0n) is 9.55. The average molecular weight is 250 g/mol. The maximum Gasteiger partial charge on any atom is 0.223 e. The standard InChI is InChI=1S/C11H12ClN5/c1-6(2)9-15-10(17-11(13)16-9)8-7(12)4-3-5-14-8/h3-6H,1-2H3,(H2,13,15,16,17). The van der Waals surface area contributed by atoms with Crippen molar-refractivity contribution in [2.24, 2.45) is 0 Å². The van der Waals surface area contributed by atoms with E-state index in [1.165, 1.54) is 0 Å². The molecule has 0 aliphatic rings. The Kier molecular flexibility index (Phi) is 3.19. The van der Waals surface area contributed by atoms with Crippen LogP contribution >= 0.6 is 11.6 Å². The molecule has 0 aromatic carbocycles. The van der Waals surface area contributed by atoms with Crippen molar-refractivity contribution in [2.75, 3.05) is 5.73 Å². The summed E-state index contributed by atoms with van der Waals surface area (Å²) in [6, 6.07) is 3.48. The van der Waals surface area contributed by atoms with E-state index in [0.29, 0.717) is 22.4 Å². The first-order chi connectivity index (χ1) is 8.08. The van der Waals surface area contributed by atoms with Crippen molar-refractivity contribution in [3.05, 3.63) is 29.2 Å². The van der Waals surface area contributed by atoms with Crippen molar-refractivity contribution >= 4 is 17.5 Å². The molecular weight excluding hydrogens is 238 g/mol. The lowest BCUT2D eigenvalue weighted by Gasteiger charge is -2.07. The zero-order chi connectivity index (χ0) is 12.4. The van der Waals surface area contributed by atoms with E-state index in [-0.39, 0.29) is 11.9 Å². The summed E-state index contributed by atoms with van der Waals surface area (Å²) in [5.74, 6) is 1.39. The van der Waals surface area contributed by atoms with Gasteiger partial charge in [-0.1, -0.05) is 25.4 Å². The summed E-state index contributed by atoms with van der Waals surface area (Å²) in [7, 11) is 0. The van der Waals surface area contributed by atoms with Crippen LogP contribution in [0.1, 0.15) is 25.6 Å². The van der Waals surface area contributed by atoms with Gasteiger partial charge in [-0.25, -0.2) is 4.98 Å². The Morgan fingerprint density at radius 3 is 2.65 bits per heavy atom. The van der Waals surface area contributed by atoms with Crippen LogP contribution in [-0.2, 0) is 0 Å². The number of aromatic nitrogens is 4. The second-order valence-corrected chi connectivity index (χ2v) is 4.27. The van der Waals surface area contributed by atoms with Crippen LogP contribution in [0.4, 0.5) is 5.95 Å². The summed E-state index contributed by atoms with van der Waals surface area (Å²) in [5.41, 5.74) is 6.17. The predicted octanol–water partition coefficient (Wildman–Crippen LogP) is 2.29. The fourth-order valence-electron chi connectivity index (χ4n) is 1.32. The lowest BCUT2D eigenvalue weighted by molar-refractivity contribution is 0.766. The lowest BCUT2D eigenvalue weighted by Crippen LogP contribution is -2.06. The normalized spacial score (nSPS) is 10.8. The third-order valence-electron chi connectivity index (χ3n) is 2.16. The van der Waals surface area contributed by atoms with E-state index in [4.69, 9.17) is 17.3 Å². The van der Waals surface area contributed by atoms with Gasteiger partial charge in [0.2, 0.25) is 5.95 Å². The topological polar surface area (TPSA) is 77.6 Å². The first-order valence-electron chi connectivity index (χ1n) is 5.20. The van der Waals surface area contributed by atoms with Crippen LogP contribution in [0, 0.1) is 0 Å². The van der Waals surface area contributed by atoms with Gasteiger partial charge in [-0.3, -0.25) is 4.98 Å². The highest BCUT2D eigenvalue weighted by atomic mass is 35.5. The van der Waals surface area contributed by atoms with E-state index in [2.05, 4.69) is 19.9 Å². The van der Waals surface area contributed by atoms with Gasteiger partial charge in [-0.15, -0.1) is 0 Å². The van der Waals surface area contributed by atoms with Crippen molar-refractivity contribution in [3.8, 4) is 11.5 Å². The van der Waals surface area contributed by atoms with Crippen molar-refractivity contribution in [1.29, 1.82) is 0 Å². The van der Waals surface area contributed by atoms with Gasteiger partial charge in [-0.2, -0.15) is 9.97 Å². The summed E-state index contributed by atoms with van der Waals surface area (Å²) in [5, 5.41) is 0.493. The summed E-state index contributed by atoms with van der Waals surface area (Å²) >= 11 is 6.04. The van der Waals surface area contributed by atoms with Gasteiger partial charge in [0.1, 0.15) is 11.5 Å². The third-order valence-corrected chi connectivity index (χ3v) is 2.46. The van der Waals surface area contributed by atoms with E-state index >= 15 is 0 Å². The molecule has 0 atom stereocenters. The quantitative estimate of drug-likeness (QED) is 0.884. The molecule has 6 heteroatoms. The van der Waals surface area contributed by atoms with Gasteiger partial charge in [0.25, 0.3) is 0 Å². The second kappa shape index (κ2) is 4.63. The Morgan fingerprint density at radius 1 is 1.24 bits per heavy atom. The predicted molar refractivity (Wildman–Crippen MR) is 66.6 cm³/mol. The Labute approximate surface area is 104 Å². The Bertz CT molecular complexity index is 541. The molecule has 0 amide bonds. The number of nitrogens with two attached hydrogens (primary N) is 1. The van der Waals surface area contributed by atoms with Gasteiger partial charge < -0.3 is 5.73 Å². The molecule has 88 valence electrons. The number of halogens is 1.